The Bertz CT molecular complexity index is 758. The van der Waals surface area contributed by atoms with E-state index in [2.05, 4.69) is 29.0 Å². The predicted octanol–water partition coefficient (Wildman–Crippen LogP) is 3.42. The summed E-state index contributed by atoms with van der Waals surface area (Å²) in [5.74, 6) is -0.0497. The predicted molar refractivity (Wildman–Crippen MR) is 95.4 cm³/mol. The molecule has 1 amide bonds. The number of benzene rings is 1. The summed E-state index contributed by atoms with van der Waals surface area (Å²) in [6.45, 7) is 6.21. The Kier molecular flexibility index (Phi) is 4.62. The van der Waals surface area contributed by atoms with E-state index >= 15 is 0 Å². The van der Waals surface area contributed by atoms with Gasteiger partial charge in [-0.25, -0.2) is 4.98 Å². The van der Waals surface area contributed by atoms with E-state index in [1.54, 1.807) is 11.3 Å². The Labute approximate surface area is 139 Å². The van der Waals surface area contributed by atoms with Crippen molar-refractivity contribution in [3.63, 3.8) is 0 Å². The molecule has 0 fully saturated rings. The highest BCUT2D eigenvalue weighted by molar-refractivity contribution is 7.15. The Hall–Kier alpha value is -2.34. The van der Waals surface area contributed by atoms with Crippen LogP contribution in [0.5, 0.6) is 0 Å². The first-order chi connectivity index (χ1) is 11.2. The molecular weight excluding hydrogens is 308 g/mol. The molecule has 6 heteroatoms. The maximum Gasteiger partial charge on any atom is 0.230 e. The minimum absolute atomic E-state index is 0.0497. The third kappa shape index (κ3) is 3.53. The highest BCUT2D eigenvalue weighted by Gasteiger charge is 2.09. The lowest BCUT2D eigenvalue weighted by atomic mass is 10.2. The van der Waals surface area contributed by atoms with Crippen molar-refractivity contribution in [3.05, 3.63) is 47.7 Å². The van der Waals surface area contributed by atoms with Crippen LogP contribution in [0.1, 0.15) is 19.5 Å². The van der Waals surface area contributed by atoms with Crippen LogP contribution in [-0.2, 0) is 11.2 Å². The number of aromatic nitrogens is 2. The van der Waals surface area contributed by atoms with E-state index in [1.807, 2.05) is 46.4 Å². The fourth-order valence-corrected chi connectivity index (χ4v) is 3.29. The van der Waals surface area contributed by atoms with Gasteiger partial charge in [0, 0.05) is 42.2 Å². The monoisotopic (exact) mass is 328 g/mol. The molecule has 120 valence electrons. The quantitative estimate of drug-likeness (QED) is 0.754. The highest BCUT2D eigenvalue weighted by Crippen LogP contribution is 2.18. The minimum Gasteiger partial charge on any atom is -0.372 e. The van der Waals surface area contributed by atoms with Crippen LogP contribution in [0.15, 0.2) is 42.0 Å². The fraction of sp³-hybridized carbons (Fsp3) is 0.294. The molecule has 5 nitrogen and oxygen atoms in total. The Morgan fingerprint density at radius 2 is 2.00 bits per heavy atom. The Morgan fingerprint density at radius 3 is 2.65 bits per heavy atom. The molecule has 0 aliphatic heterocycles. The normalized spacial score (nSPS) is 10.9. The van der Waals surface area contributed by atoms with Gasteiger partial charge in [0.25, 0.3) is 0 Å². The number of hydrogen-bond acceptors (Lipinski definition) is 4. The lowest BCUT2D eigenvalue weighted by Gasteiger charge is -2.21. The molecule has 0 saturated heterocycles. The van der Waals surface area contributed by atoms with Gasteiger partial charge in [-0.3, -0.25) is 9.20 Å². The maximum absolute atomic E-state index is 12.1. The molecular formula is C17H20N4OS. The second-order valence-electron chi connectivity index (χ2n) is 5.27. The largest absolute Gasteiger partial charge is 0.372 e. The smallest absolute Gasteiger partial charge is 0.230 e. The van der Waals surface area contributed by atoms with Crippen molar-refractivity contribution >= 4 is 33.6 Å². The van der Waals surface area contributed by atoms with E-state index in [-0.39, 0.29) is 12.3 Å². The minimum atomic E-state index is -0.0497. The molecule has 0 radical (unpaired) electrons. The number of hydrogen-bond donors (Lipinski definition) is 1. The van der Waals surface area contributed by atoms with Gasteiger partial charge in [0.15, 0.2) is 4.96 Å². The van der Waals surface area contributed by atoms with Gasteiger partial charge < -0.3 is 10.2 Å². The van der Waals surface area contributed by atoms with E-state index < -0.39 is 0 Å². The summed E-state index contributed by atoms with van der Waals surface area (Å²) in [5, 5.41) is 4.90. The standard InChI is InChI=1S/C17H20N4OS/c1-3-20(4-2)15-7-5-13(6-8-15)18-16(22)11-14-12-21-9-10-23-17(21)19-14/h5-10,12H,3-4,11H2,1-2H3,(H,18,22). The van der Waals surface area contributed by atoms with Gasteiger partial charge >= 0.3 is 0 Å². The van der Waals surface area contributed by atoms with Crippen LogP contribution in [0.4, 0.5) is 11.4 Å². The number of thiazole rings is 1. The highest BCUT2D eigenvalue weighted by atomic mass is 32.1. The average molecular weight is 328 g/mol. The number of anilines is 2. The summed E-state index contributed by atoms with van der Waals surface area (Å²) >= 11 is 1.56. The summed E-state index contributed by atoms with van der Waals surface area (Å²) < 4.78 is 1.94. The van der Waals surface area contributed by atoms with Crippen LogP contribution in [-0.4, -0.2) is 28.4 Å². The van der Waals surface area contributed by atoms with E-state index in [4.69, 9.17) is 0 Å². The molecule has 0 saturated carbocycles. The van der Waals surface area contributed by atoms with Crippen LogP contribution in [0, 0.1) is 0 Å². The maximum atomic E-state index is 12.1. The Morgan fingerprint density at radius 1 is 1.26 bits per heavy atom. The summed E-state index contributed by atoms with van der Waals surface area (Å²) in [5.41, 5.74) is 2.77. The SMILES string of the molecule is CCN(CC)c1ccc(NC(=O)Cc2cn3ccsc3n2)cc1. The zero-order valence-electron chi connectivity index (χ0n) is 13.3. The molecule has 0 aliphatic rings. The van der Waals surface area contributed by atoms with Crippen molar-refractivity contribution in [1.82, 2.24) is 9.38 Å². The van der Waals surface area contributed by atoms with Crippen molar-refractivity contribution in [2.24, 2.45) is 0 Å². The molecule has 3 aromatic rings. The van der Waals surface area contributed by atoms with Crippen molar-refractivity contribution in [1.29, 1.82) is 0 Å². The van der Waals surface area contributed by atoms with Gasteiger partial charge in [-0.2, -0.15) is 0 Å². The van der Waals surface area contributed by atoms with Crippen LogP contribution in [0.25, 0.3) is 4.96 Å². The van der Waals surface area contributed by atoms with Gasteiger partial charge in [0.2, 0.25) is 5.91 Å². The average Bonchev–Trinajstić information content (AvgIpc) is 3.11. The fourth-order valence-electron chi connectivity index (χ4n) is 2.58. The third-order valence-electron chi connectivity index (χ3n) is 3.76. The van der Waals surface area contributed by atoms with Crippen molar-refractivity contribution in [2.45, 2.75) is 20.3 Å². The lowest BCUT2D eigenvalue weighted by molar-refractivity contribution is -0.115. The second-order valence-corrected chi connectivity index (χ2v) is 6.14. The summed E-state index contributed by atoms with van der Waals surface area (Å²) in [7, 11) is 0. The summed E-state index contributed by atoms with van der Waals surface area (Å²) in [4.78, 5) is 19.8. The molecule has 0 bridgehead atoms. The Balaban J connectivity index is 1.62. The van der Waals surface area contributed by atoms with E-state index in [0.717, 1.165) is 29.4 Å². The van der Waals surface area contributed by atoms with E-state index in [0.29, 0.717) is 0 Å². The van der Waals surface area contributed by atoms with Crippen molar-refractivity contribution in [2.75, 3.05) is 23.3 Å². The first-order valence-corrected chi connectivity index (χ1v) is 8.63. The molecule has 0 atom stereocenters. The third-order valence-corrected chi connectivity index (χ3v) is 4.54. The number of carbonyl (C=O) groups excluding carboxylic acids is 1. The zero-order valence-corrected chi connectivity index (χ0v) is 14.1. The number of nitrogens with one attached hydrogen (secondary N) is 1. The number of imidazole rings is 1. The van der Waals surface area contributed by atoms with Gasteiger partial charge in [0.05, 0.1) is 12.1 Å². The van der Waals surface area contributed by atoms with Crippen LogP contribution in [0.3, 0.4) is 0 Å². The number of fused-ring (bicyclic) bond motifs is 1. The van der Waals surface area contributed by atoms with Crippen LogP contribution in [0.2, 0.25) is 0 Å². The molecule has 0 unspecified atom stereocenters. The summed E-state index contributed by atoms with van der Waals surface area (Å²) in [6.07, 6.45) is 4.13. The number of amides is 1. The van der Waals surface area contributed by atoms with E-state index in [1.165, 1.54) is 5.69 Å². The van der Waals surface area contributed by atoms with E-state index in [9.17, 15) is 4.79 Å². The van der Waals surface area contributed by atoms with Crippen molar-refractivity contribution in [3.8, 4) is 0 Å². The number of nitrogens with zero attached hydrogens (tertiary/aromatic N) is 3. The van der Waals surface area contributed by atoms with Gasteiger partial charge in [-0.1, -0.05) is 0 Å². The molecule has 0 aliphatic carbocycles. The second kappa shape index (κ2) is 6.83. The molecule has 1 N–H and O–H groups in total. The first-order valence-electron chi connectivity index (χ1n) is 7.75. The molecule has 0 spiro atoms. The number of carbonyl (C=O) groups is 1. The molecule has 2 aromatic heterocycles. The molecule has 3 rings (SSSR count). The topological polar surface area (TPSA) is 49.6 Å². The molecule has 2 heterocycles. The number of rotatable bonds is 6. The van der Waals surface area contributed by atoms with Crippen LogP contribution >= 0.6 is 11.3 Å². The van der Waals surface area contributed by atoms with Gasteiger partial charge in [-0.05, 0) is 38.1 Å². The van der Waals surface area contributed by atoms with Crippen molar-refractivity contribution < 1.29 is 4.79 Å². The summed E-state index contributed by atoms with van der Waals surface area (Å²) in [6, 6.07) is 7.96. The molecule has 1 aromatic carbocycles. The molecule has 23 heavy (non-hydrogen) atoms. The van der Waals surface area contributed by atoms with Crippen LogP contribution < -0.4 is 10.2 Å². The lowest BCUT2D eigenvalue weighted by Crippen LogP contribution is -2.21. The van der Waals surface area contributed by atoms with Gasteiger partial charge in [0.1, 0.15) is 0 Å². The van der Waals surface area contributed by atoms with Gasteiger partial charge in [-0.15, -0.1) is 11.3 Å². The first kappa shape index (κ1) is 15.6. The zero-order chi connectivity index (χ0) is 16.2.